The molecular formula is C25H38ClN7O2. The molecule has 0 bridgehead atoms. The fraction of sp³-hybridized carbons (Fsp3) is 0.480. The van der Waals surface area contributed by atoms with Gasteiger partial charge in [-0.2, -0.15) is 0 Å². The number of anilines is 1. The van der Waals surface area contributed by atoms with Crippen molar-refractivity contribution in [2.24, 2.45) is 20.0 Å². The number of likely N-dealkylation sites (tertiary alicyclic amines) is 1. The first-order valence-electron chi connectivity index (χ1n) is 11.8. The number of carbonyl (C=O) groups excluding carboxylic acids is 1. The number of methoxy groups -OCH3 is 1. The number of nitrogens with zero attached hydrogens (tertiary/aromatic N) is 6. The normalized spacial score (nSPS) is 15.3. The number of aryl methyl sites for hydroxylation is 1. The first-order valence-corrected chi connectivity index (χ1v) is 12.2. The summed E-state index contributed by atoms with van der Waals surface area (Å²) in [4.78, 5) is 20.1. The average molecular weight is 504 g/mol. The first-order chi connectivity index (χ1) is 16.8. The molecule has 35 heavy (non-hydrogen) atoms. The van der Waals surface area contributed by atoms with E-state index in [1.54, 1.807) is 53.0 Å². The van der Waals surface area contributed by atoms with Crippen LogP contribution in [0.3, 0.4) is 0 Å². The minimum atomic E-state index is 0.317. The van der Waals surface area contributed by atoms with E-state index < -0.39 is 0 Å². The van der Waals surface area contributed by atoms with Crippen molar-refractivity contribution in [2.45, 2.75) is 33.1 Å². The van der Waals surface area contributed by atoms with Crippen molar-refractivity contribution in [1.82, 2.24) is 29.1 Å². The van der Waals surface area contributed by atoms with Gasteiger partial charge in [0.2, 0.25) is 6.41 Å². The quantitative estimate of drug-likeness (QED) is 0.359. The van der Waals surface area contributed by atoms with E-state index in [2.05, 4.69) is 47.3 Å². The number of unbranched alkanes of at least 4 members (excludes halogenated alkanes) is 1. The molecule has 1 amide bonds. The third-order valence-electron chi connectivity index (χ3n) is 5.76. The van der Waals surface area contributed by atoms with Crippen LogP contribution in [0.15, 0.2) is 43.5 Å². The van der Waals surface area contributed by atoms with Crippen LogP contribution in [0.5, 0.6) is 5.88 Å². The van der Waals surface area contributed by atoms with Crippen LogP contribution in [0.2, 0.25) is 5.15 Å². The Labute approximate surface area is 213 Å². The monoisotopic (exact) mass is 503 g/mol. The van der Waals surface area contributed by atoms with Gasteiger partial charge in [0.05, 0.1) is 25.2 Å². The van der Waals surface area contributed by atoms with Gasteiger partial charge in [0, 0.05) is 45.6 Å². The predicted octanol–water partition coefficient (Wildman–Crippen LogP) is 4.51. The zero-order valence-corrected chi connectivity index (χ0v) is 22.3. The van der Waals surface area contributed by atoms with Gasteiger partial charge in [-0.15, -0.1) is 5.10 Å². The summed E-state index contributed by atoms with van der Waals surface area (Å²) in [6.07, 6.45) is 11.3. The number of rotatable bonds is 11. The lowest BCUT2D eigenvalue weighted by Crippen LogP contribution is -2.27. The van der Waals surface area contributed by atoms with Gasteiger partial charge in [-0.1, -0.05) is 51.4 Å². The Morgan fingerprint density at radius 2 is 2.09 bits per heavy atom. The molecule has 1 aliphatic heterocycles. The highest BCUT2D eigenvalue weighted by atomic mass is 35.5. The first kappa shape index (κ1) is 28.0. The predicted molar refractivity (Wildman–Crippen MR) is 142 cm³/mol. The van der Waals surface area contributed by atoms with Gasteiger partial charge in [0.15, 0.2) is 5.82 Å². The Morgan fingerprint density at radius 3 is 2.63 bits per heavy atom. The number of imidazole rings is 1. The summed E-state index contributed by atoms with van der Waals surface area (Å²) >= 11 is 6.21. The van der Waals surface area contributed by atoms with Crippen molar-refractivity contribution in [3.63, 3.8) is 0 Å². The number of nitrogens with one attached hydrogen (secondary N) is 1. The number of hydrogen-bond donors (Lipinski definition) is 1. The Kier molecular flexibility index (Phi) is 10.9. The molecule has 1 atom stereocenters. The minimum absolute atomic E-state index is 0.317. The average Bonchev–Trinajstić information content (AvgIpc) is 3.56. The molecule has 2 aromatic rings. The minimum Gasteiger partial charge on any atom is -0.478 e. The number of allylic oxidation sites excluding steroid dienone is 1. The second kappa shape index (κ2) is 13.6. The van der Waals surface area contributed by atoms with Gasteiger partial charge in [-0.3, -0.25) is 9.48 Å². The molecule has 1 fully saturated rings. The summed E-state index contributed by atoms with van der Waals surface area (Å²) in [5.41, 5.74) is 2.15. The molecule has 0 spiro atoms. The molecule has 1 saturated heterocycles. The maximum Gasteiger partial charge on any atom is 0.256 e. The molecule has 0 aromatic carbocycles. The highest BCUT2D eigenvalue weighted by Crippen LogP contribution is 2.27. The third kappa shape index (κ3) is 7.65. The van der Waals surface area contributed by atoms with Gasteiger partial charge in [-0.25, -0.2) is 4.98 Å². The van der Waals surface area contributed by atoms with E-state index in [0.29, 0.717) is 40.7 Å². The van der Waals surface area contributed by atoms with Crippen LogP contribution in [0.1, 0.15) is 38.9 Å². The fourth-order valence-corrected chi connectivity index (χ4v) is 3.73. The van der Waals surface area contributed by atoms with Gasteiger partial charge in [0.25, 0.3) is 5.88 Å². The van der Waals surface area contributed by atoms with E-state index in [1.807, 2.05) is 7.05 Å². The van der Waals surface area contributed by atoms with Gasteiger partial charge < -0.3 is 24.4 Å². The van der Waals surface area contributed by atoms with Gasteiger partial charge >= 0.3 is 0 Å². The Bertz CT molecular complexity index is 1030. The summed E-state index contributed by atoms with van der Waals surface area (Å²) in [6, 6.07) is 0. The molecule has 1 unspecified atom stereocenters. The smallest absolute Gasteiger partial charge is 0.256 e. The van der Waals surface area contributed by atoms with Gasteiger partial charge in [0.1, 0.15) is 10.8 Å². The maximum absolute atomic E-state index is 11.9. The lowest BCUT2D eigenvalue weighted by atomic mass is 10.1. The van der Waals surface area contributed by atoms with E-state index in [4.69, 9.17) is 16.3 Å². The highest BCUT2D eigenvalue weighted by molar-refractivity contribution is 6.29. The Balaban J connectivity index is 0.00000100. The second-order valence-electron chi connectivity index (χ2n) is 8.46. The molecule has 3 rings (SSSR count). The zero-order valence-electron chi connectivity index (χ0n) is 21.5. The molecule has 1 N–H and O–H groups in total. The Hall–Kier alpha value is -3.20. The van der Waals surface area contributed by atoms with Crippen molar-refractivity contribution in [3.8, 4) is 5.88 Å². The number of halogens is 1. The second-order valence-corrected chi connectivity index (χ2v) is 8.84. The fourth-order valence-electron chi connectivity index (χ4n) is 3.60. The number of carbonyl (C=O) groups is 1. The molecule has 10 heteroatoms. The molecule has 1 aliphatic rings. The van der Waals surface area contributed by atoms with E-state index in [0.717, 1.165) is 31.6 Å². The van der Waals surface area contributed by atoms with Crippen LogP contribution in [0, 0.1) is 5.92 Å². The van der Waals surface area contributed by atoms with Crippen LogP contribution in [-0.2, 0) is 18.9 Å². The third-order valence-corrected chi connectivity index (χ3v) is 6.11. The molecule has 3 heterocycles. The summed E-state index contributed by atoms with van der Waals surface area (Å²) in [6.45, 7) is 14.5. The summed E-state index contributed by atoms with van der Waals surface area (Å²) in [5.74, 6) is 1.33. The lowest BCUT2D eigenvalue weighted by Gasteiger charge is -2.21. The van der Waals surface area contributed by atoms with E-state index >= 15 is 0 Å². The number of aromatic nitrogens is 4. The van der Waals surface area contributed by atoms with Crippen LogP contribution in [0.4, 0.5) is 5.69 Å². The molecule has 192 valence electrons. The standard InChI is InChI=1S/C21H28ClN7O2.C4H10/c1-6-15(2)29-8-7-16(11-29)10-28(14-30)13-17(20-23-9-19(22)27(20)4)24-18-12-26(3)25-21(18)31-5;1-3-4-2/h6,9,12-14,16,24H,1-2,7-8,10-11H2,3-5H3;3-4H2,1-2H3/b17-13+;. The molecule has 2 aromatic heterocycles. The van der Waals surface area contributed by atoms with E-state index in [-0.39, 0.29) is 0 Å². The van der Waals surface area contributed by atoms with Crippen LogP contribution < -0.4 is 10.1 Å². The van der Waals surface area contributed by atoms with Crippen molar-refractivity contribution >= 4 is 29.4 Å². The van der Waals surface area contributed by atoms with Crippen LogP contribution in [0.25, 0.3) is 5.70 Å². The lowest BCUT2D eigenvalue weighted by molar-refractivity contribution is -0.116. The SMILES string of the molecule is C=CC(=C)N1CCC(CN(C=O)/C=C(/Nc2cn(C)nc2OC)c2ncc(Cl)n2C)C1.CCCC. The zero-order chi connectivity index (χ0) is 26.0. The molecule has 0 saturated carbocycles. The number of ether oxygens (including phenoxy) is 1. The summed E-state index contributed by atoms with van der Waals surface area (Å²) in [7, 11) is 5.16. The van der Waals surface area contributed by atoms with Gasteiger partial charge in [-0.05, 0) is 18.4 Å². The van der Waals surface area contributed by atoms with Crippen molar-refractivity contribution in [1.29, 1.82) is 0 Å². The molecular weight excluding hydrogens is 466 g/mol. The molecule has 9 nitrogen and oxygen atoms in total. The highest BCUT2D eigenvalue weighted by Gasteiger charge is 2.24. The topological polar surface area (TPSA) is 80.4 Å². The molecule has 0 radical (unpaired) electrons. The number of hydrogen-bond acceptors (Lipinski definition) is 6. The van der Waals surface area contributed by atoms with Crippen molar-refractivity contribution in [3.05, 3.63) is 54.5 Å². The van der Waals surface area contributed by atoms with E-state index in [1.165, 1.54) is 12.8 Å². The molecule has 0 aliphatic carbocycles. The number of amides is 1. The largest absolute Gasteiger partial charge is 0.478 e. The van der Waals surface area contributed by atoms with Crippen LogP contribution in [-0.4, -0.2) is 62.3 Å². The van der Waals surface area contributed by atoms with Crippen molar-refractivity contribution in [2.75, 3.05) is 32.1 Å². The van der Waals surface area contributed by atoms with Crippen molar-refractivity contribution < 1.29 is 9.53 Å². The Morgan fingerprint density at radius 1 is 1.37 bits per heavy atom. The van der Waals surface area contributed by atoms with Crippen LogP contribution >= 0.6 is 11.6 Å². The van der Waals surface area contributed by atoms with E-state index in [9.17, 15) is 4.79 Å². The summed E-state index contributed by atoms with van der Waals surface area (Å²) < 4.78 is 8.72. The maximum atomic E-state index is 11.9. The summed E-state index contributed by atoms with van der Waals surface area (Å²) in [5, 5.41) is 8.03.